The van der Waals surface area contributed by atoms with Gasteiger partial charge in [0.05, 0.1) is 0 Å². The van der Waals surface area contributed by atoms with Crippen molar-refractivity contribution < 1.29 is 0 Å². The summed E-state index contributed by atoms with van der Waals surface area (Å²) in [5.74, 6) is 0. The zero-order chi connectivity index (χ0) is 12.2. The Kier molecular flexibility index (Phi) is 3.62. The van der Waals surface area contributed by atoms with Crippen LogP contribution in [0.25, 0.3) is 0 Å². The zero-order valence-electron chi connectivity index (χ0n) is 10.4. The lowest BCUT2D eigenvalue weighted by Gasteiger charge is -2.09. The molecular formula is C15H18N2S. The van der Waals surface area contributed by atoms with Gasteiger partial charge in [-0.3, -0.25) is 0 Å². The fraction of sp³-hybridized carbons (Fsp3) is 0.333. The van der Waals surface area contributed by atoms with Gasteiger partial charge in [-0.05, 0) is 35.4 Å². The van der Waals surface area contributed by atoms with E-state index in [4.69, 9.17) is 0 Å². The Morgan fingerprint density at radius 2 is 2.22 bits per heavy atom. The lowest BCUT2D eigenvalue weighted by Crippen LogP contribution is -2.17. The Hall–Kier alpha value is -1.32. The van der Waals surface area contributed by atoms with Crippen LogP contribution in [0.15, 0.2) is 35.7 Å². The normalized spacial score (nSPS) is 13.3. The molecule has 0 spiro atoms. The van der Waals surface area contributed by atoms with E-state index in [-0.39, 0.29) is 0 Å². The average molecular weight is 258 g/mol. The van der Waals surface area contributed by atoms with Crippen molar-refractivity contribution in [2.75, 3.05) is 18.4 Å². The molecule has 0 radical (unpaired) electrons. The Morgan fingerprint density at radius 1 is 1.22 bits per heavy atom. The molecule has 0 amide bonds. The maximum Gasteiger partial charge on any atom is 0.0419 e. The second kappa shape index (κ2) is 5.55. The van der Waals surface area contributed by atoms with Crippen molar-refractivity contribution in [3.63, 3.8) is 0 Å². The molecule has 2 N–H and O–H groups in total. The minimum atomic E-state index is 0.960. The average Bonchev–Trinajstić information content (AvgIpc) is 3.05. The molecule has 3 heteroatoms. The van der Waals surface area contributed by atoms with Crippen LogP contribution in [0.3, 0.4) is 0 Å². The minimum absolute atomic E-state index is 0.960. The van der Waals surface area contributed by atoms with Gasteiger partial charge in [0.1, 0.15) is 0 Å². The molecule has 2 heterocycles. The fourth-order valence-corrected chi connectivity index (χ4v) is 3.16. The smallest absolute Gasteiger partial charge is 0.0419 e. The first-order valence-electron chi connectivity index (χ1n) is 6.51. The number of nitrogens with one attached hydrogen (secondary N) is 2. The van der Waals surface area contributed by atoms with Gasteiger partial charge in [0.25, 0.3) is 0 Å². The first kappa shape index (κ1) is 11.8. The highest BCUT2D eigenvalue weighted by atomic mass is 32.1. The van der Waals surface area contributed by atoms with Gasteiger partial charge >= 0.3 is 0 Å². The molecule has 0 aliphatic carbocycles. The van der Waals surface area contributed by atoms with Crippen LogP contribution in [0.2, 0.25) is 0 Å². The highest BCUT2D eigenvalue weighted by Crippen LogP contribution is 2.26. The molecular weight excluding hydrogens is 240 g/mol. The molecule has 1 aromatic heterocycles. The van der Waals surface area contributed by atoms with E-state index in [1.807, 2.05) is 11.3 Å². The second-order valence-electron chi connectivity index (χ2n) is 4.63. The maximum absolute atomic E-state index is 3.54. The van der Waals surface area contributed by atoms with Crippen LogP contribution in [0.4, 0.5) is 5.69 Å². The number of fused-ring (bicyclic) bond motifs is 1. The van der Waals surface area contributed by atoms with E-state index in [1.165, 1.54) is 28.1 Å². The van der Waals surface area contributed by atoms with Gasteiger partial charge < -0.3 is 10.6 Å². The third-order valence-corrected chi connectivity index (χ3v) is 4.31. The number of anilines is 1. The summed E-state index contributed by atoms with van der Waals surface area (Å²) in [4.78, 5) is 1.46. The van der Waals surface area contributed by atoms with Crippen molar-refractivity contribution >= 4 is 17.0 Å². The number of hydrogen-bond donors (Lipinski definition) is 2. The van der Waals surface area contributed by atoms with E-state index in [0.717, 1.165) is 26.1 Å². The van der Waals surface area contributed by atoms with E-state index in [1.54, 1.807) is 0 Å². The molecule has 1 aliphatic heterocycles. The van der Waals surface area contributed by atoms with Gasteiger partial charge in [0.15, 0.2) is 0 Å². The first-order valence-corrected chi connectivity index (χ1v) is 7.39. The predicted octanol–water partition coefficient (Wildman–Crippen LogP) is 3.05. The SMILES string of the molecule is c1csc(CCNCc2cccc3c2NCC3)c1. The van der Waals surface area contributed by atoms with Crippen molar-refractivity contribution in [2.24, 2.45) is 0 Å². The highest BCUT2D eigenvalue weighted by Gasteiger charge is 2.12. The van der Waals surface area contributed by atoms with Crippen LogP contribution in [-0.2, 0) is 19.4 Å². The molecule has 0 bridgehead atoms. The van der Waals surface area contributed by atoms with E-state index in [0.29, 0.717) is 0 Å². The standard InChI is InChI=1S/C15H18N2S/c1-3-12-6-9-17-15(12)13(4-1)11-16-8-7-14-5-2-10-18-14/h1-5,10,16-17H,6-9,11H2. The maximum atomic E-state index is 3.54. The molecule has 0 fully saturated rings. The molecule has 3 rings (SSSR count). The fourth-order valence-electron chi connectivity index (χ4n) is 2.45. The third-order valence-electron chi connectivity index (χ3n) is 3.38. The quantitative estimate of drug-likeness (QED) is 0.806. The Labute approximate surface area is 112 Å². The first-order chi connectivity index (χ1) is 8.93. The monoisotopic (exact) mass is 258 g/mol. The summed E-state index contributed by atoms with van der Waals surface area (Å²) in [6.07, 6.45) is 2.29. The van der Waals surface area contributed by atoms with Crippen LogP contribution in [0.5, 0.6) is 0 Å². The lowest BCUT2D eigenvalue weighted by atomic mass is 10.1. The largest absolute Gasteiger partial charge is 0.384 e. The summed E-state index contributed by atoms with van der Waals surface area (Å²) in [5, 5.41) is 9.16. The van der Waals surface area contributed by atoms with Gasteiger partial charge in [-0.25, -0.2) is 0 Å². The molecule has 0 saturated heterocycles. The number of thiophene rings is 1. The molecule has 1 aromatic carbocycles. The third kappa shape index (κ3) is 2.57. The summed E-state index contributed by atoms with van der Waals surface area (Å²) in [6.45, 7) is 3.09. The van der Waals surface area contributed by atoms with E-state index < -0.39 is 0 Å². The Balaban J connectivity index is 1.53. The molecule has 0 atom stereocenters. The summed E-state index contributed by atoms with van der Waals surface area (Å²) in [6, 6.07) is 10.9. The Bertz CT molecular complexity index is 505. The van der Waals surface area contributed by atoms with Gasteiger partial charge in [-0.2, -0.15) is 0 Å². The molecule has 94 valence electrons. The van der Waals surface area contributed by atoms with Gasteiger partial charge in [0, 0.05) is 30.2 Å². The summed E-state index contributed by atoms with van der Waals surface area (Å²) >= 11 is 1.84. The van der Waals surface area contributed by atoms with Gasteiger partial charge in [0.2, 0.25) is 0 Å². The van der Waals surface area contributed by atoms with E-state index in [9.17, 15) is 0 Å². The summed E-state index contributed by atoms with van der Waals surface area (Å²) in [7, 11) is 0. The zero-order valence-corrected chi connectivity index (χ0v) is 11.2. The van der Waals surface area contributed by atoms with E-state index >= 15 is 0 Å². The molecule has 18 heavy (non-hydrogen) atoms. The van der Waals surface area contributed by atoms with Crippen molar-refractivity contribution in [3.8, 4) is 0 Å². The predicted molar refractivity (Wildman–Crippen MR) is 78.4 cm³/mol. The van der Waals surface area contributed by atoms with Crippen LogP contribution in [-0.4, -0.2) is 13.1 Å². The topological polar surface area (TPSA) is 24.1 Å². The van der Waals surface area contributed by atoms with Crippen molar-refractivity contribution in [1.29, 1.82) is 0 Å². The molecule has 2 nitrogen and oxygen atoms in total. The van der Waals surface area contributed by atoms with Crippen LogP contribution in [0, 0.1) is 0 Å². The summed E-state index contributed by atoms with van der Waals surface area (Å²) < 4.78 is 0. The Morgan fingerprint density at radius 3 is 3.11 bits per heavy atom. The highest BCUT2D eigenvalue weighted by molar-refractivity contribution is 7.09. The van der Waals surface area contributed by atoms with Gasteiger partial charge in [-0.15, -0.1) is 11.3 Å². The molecule has 0 unspecified atom stereocenters. The minimum Gasteiger partial charge on any atom is -0.384 e. The molecule has 2 aromatic rings. The van der Waals surface area contributed by atoms with E-state index in [2.05, 4.69) is 46.3 Å². The van der Waals surface area contributed by atoms with Gasteiger partial charge in [-0.1, -0.05) is 24.3 Å². The van der Waals surface area contributed by atoms with Crippen LogP contribution in [0.1, 0.15) is 16.0 Å². The molecule has 1 aliphatic rings. The number of para-hydroxylation sites is 1. The van der Waals surface area contributed by atoms with Crippen molar-refractivity contribution in [1.82, 2.24) is 5.32 Å². The van der Waals surface area contributed by atoms with Crippen LogP contribution >= 0.6 is 11.3 Å². The summed E-state index contributed by atoms with van der Waals surface area (Å²) in [5.41, 5.74) is 4.23. The van der Waals surface area contributed by atoms with Crippen LogP contribution < -0.4 is 10.6 Å². The second-order valence-corrected chi connectivity index (χ2v) is 5.67. The van der Waals surface area contributed by atoms with Crippen molar-refractivity contribution in [2.45, 2.75) is 19.4 Å². The molecule has 0 saturated carbocycles. The lowest BCUT2D eigenvalue weighted by molar-refractivity contribution is 0.691. The number of rotatable bonds is 5. The number of hydrogen-bond acceptors (Lipinski definition) is 3. The van der Waals surface area contributed by atoms with Crippen molar-refractivity contribution in [3.05, 3.63) is 51.7 Å². The number of benzene rings is 1.